The van der Waals surface area contributed by atoms with Gasteiger partial charge in [0.15, 0.2) is 18.1 Å². The highest BCUT2D eigenvalue weighted by atomic mass is 16.5. The molecule has 1 aromatic heterocycles. The Labute approximate surface area is 129 Å². The van der Waals surface area contributed by atoms with Crippen molar-refractivity contribution < 1.29 is 13.9 Å². The number of nitrogens with zero attached hydrogens (tertiary/aromatic N) is 3. The Hall–Kier alpha value is -2.55. The summed E-state index contributed by atoms with van der Waals surface area (Å²) in [5.74, 6) is 2.03. The summed E-state index contributed by atoms with van der Waals surface area (Å²) >= 11 is 0. The van der Waals surface area contributed by atoms with Crippen LogP contribution in [0.2, 0.25) is 0 Å². The molecule has 0 N–H and O–H groups in total. The average Bonchev–Trinajstić information content (AvgIpc) is 2.95. The lowest BCUT2D eigenvalue weighted by Gasteiger charge is -2.12. The van der Waals surface area contributed by atoms with Crippen LogP contribution >= 0.6 is 0 Å². The summed E-state index contributed by atoms with van der Waals surface area (Å²) in [6.07, 6.45) is 0. The van der Waals surface area contributed by atoms with Crippen LogP contribution < -0.4 is 9.47 Å². The summed E-state index contributed by atoms with van der Waals surface area (Å²) < 4.78 is 16.7. The molecule has 2 rings (SSSR count). The van der Waals surface area contributed by atoms with E-state index < -0.39 is 0 Å². The number of hydrogen-bond donors (Lipinski definition) is 0. The van der Waals surface area contributed by atoms with Gasteiger partial charge in [-0.25, -0.2) is 0 Å². The Bertz CT molecular complexity index is 681. The molecule has 0 radical (unpaired) electrons. The second-order valence-corrected chi connectivity index (χ2v) is 5.75. The van der Waals surface area contributed by atoms with E-state index in [-0.39, 0.29) is 12.0 Å². The van der Waals surface area contributed by atoms with Gasteiger partial charge in [0, 0.05) is 11.5 Å². The zero-order valence-corrected chi connectivity index (χ0v) is 13.2. The molecule has 0 saturated carbocycles. The molecular weight excluding hydrogens is 282 g/mol. The van der Waals surface area contributed by atoms with Crippen molar-refractivity contribution in [2.75, 3.05) is 6.61 Å². The van der Waals surface area contributed by atoms with Crippen LogP contribution in [0.4, 0.5) is 0 Å². The van der Waals surface area contributed by atoms with Gasteiger partial charge in [-0.15, -0.1) is 10.2 Å². The van der Waals surface area contributed by atoms with Gasteiger partial charge in [0.25, 0.3) is 5.89 Å². The summed E-state index contributed by atoms with van der Waals surface area (Å²) in [6, 6.07) is 7.09. The van der Waals surface area contributed by atoms with Crippen LogP contribution in [0, 0.1) is 11.3 Å². The van der Waals surface area contributed by atoms with Gasteiger partial charge in [-0.05, 0) is 19.1 Å². The molecule has 0 aliphatic heterocycles. The predicted octanol–water partition coefficient (Wildman–Crippen LogP) is 3.22. The zero-order valence-electron chi connectivity index (χ0n) is 13.2. The van der Waals surface area contributed by atoms with Gasteiger partial charge in [0.05, 0.1) is 18.2 Å². The fourth-order valence-corrected chi connectivity index (χ4v) is 1.72. The molecule has 0 amide bonds. The molecule has 0 fully saturated rings. The van der Waals surface area contributed by atoms with E-state index in [1.54, 1.807) is 18.2 Å². The molecule has 0 spiro atoms. The van der Waals surface area contributed by atoms with Crippen LogP contribution in [-0.2, 0) is 12.0 Å². The lowest BCUT2D eigenvalue weighted by molar-refractivity contribution is 0.235. The molecule has 0 saturated heterocycles. The molecule has 1 heterocycles. The van der Waals surface area contributed by atoms with Crippen molar-refractivity contribution in [3.63, 3.8) is 0 Å². The molecule has 2 aromatic rings. The predicted molar refractivity (Wildman–Crippen MR) is 79.7 cm³/mol. The van der Waals surface area contributed by atoms with Crippen molar-refractivity contribution in [2.24, 2.45) is 0 Å². The summed E-state index contributed by atoms with van der Waals surface area (Å²) in [7, 11) is 0. The monoisotopic (exact) mass is 301 g/mol. The molecule has 6 nitrogen and oxygen atoms in total. The first-order chi connectivity index (χ1) is 10.4. The van der Waals surface area contributed by atoms with E-state index in [2.05, 4.69) is 16.3 Å². The standard InChI is InChI=1S/C16H19N3O3/c1-5-20-13-8-11(9-17)6-7-12(13)21-10-14-18-19-15(22-14)16(2,3)4/h6-8H,5,10H2,1-4H3. The third kappa shape index (κ3) is 3.76. The van der Waals surface area contributed by atoms with Crippen LogP contribution in [0.25, 0.3) is 0 Å². The van der Waals surface area contributed by atoms with Crippen LogP contribution in [0.5, 0.6) is 11.5 Å². The van der Waals surface area contributed by atoms with Crippen LogP contribution in [0.15, 0.2) is 22.6 Å². The molecule has 0 atom stereocenters. The molecule has 0 unspecified atom stereocenters. The van der Waals surface area contributed by atoms with E-state index in [9.17, 15) is 0 Å². The molecule has 0 aliphatic carbocycles. The van der Waals surface area contributed by atoms with Crippen molar-refractivity contribution in [3.8, 4) is 17.6 Å². The van der Waals surface area contributed by atoms with Crippen molar-refractivity contribution in [2.45, 2.75) is 39.7 Å². The van der Waals surface area contributed by atoms with Crippen LogP contribution in [-0.4, -0.2) is 16.8 Å². The minimum absolute atomic E-state index is 0.148. The largest absolute Gasteiger partial charge is 0.490 e. The third-order valence-corrected chi connectivity index (χ3v) is 2.83. The fraction of sp³-hybridized carbons (Fsp3) is 0.438. The first-order valence-electron chi connectivity index (χ1n) is 7.06. The van der Waals surface area contributed by atoms with Gasteiger partial charge in [0.1, 0.15) is 0 Å². The normalized spacial score (nSPS) is 11.0. The van der Waals surface area contributed by atoms with E-state index in [1.807, 2.05) is 27.7 Å². The Morgan fingerprint density at radius 3 is 2.55 bits per heavy atom. The van der Waals surface area contributed by atoms with Crippen molar-refractivity contribution in [1.29, 1.82) is 5.26 Å². The van der Waals surface area contributed by atoms with Gasteiger partial charge >= 0.3 is 0 Å². The highest BCUT2D eigenvalue weighted by Crippen LogP contribution is 2.29. The fourth-order valence-electron chi connectivity index (χ4n) is 1.72. The van der Waals surface area contributed by atoms with Gasteiger partial charge in [0.2, 0.25) is 5.89 Å². The smallest absolute Gasteiger partial charge is 0.253 e. The van der Waals surface area contributed by atoms with E-state index >= 15 is 0 Å². The van der Waals surface area contributed by atoms with Gasteiger partial charge in [-0.1, -0.05) is 20.8 Å². The number of ether oxygens (including phenoxy) is 2. The highest BCUT2D eigenvalue weighted by molar-refractivity contribution is 5.46. The molecular formula is C16H19N3O3. The van der Waals surface area contributed by atoms with Crippen molar-refractivity contribution in [3.05, 3.63) is 35.5 Å². The topological polar surface area (TPSA) is 81.2 Å². The van der Waals surface area contributed by atoms with E-state index in [0.717, 1.165) is 0 Å². The second-order valence-electron chi connectivity index (χ2n) is 5.75. The van der Waals surface area contributed by atoms with Gasteiger partial charge in [-0.2, -0.15) is 5.26 Å². The maximum atomic E-state index is 8.93. The first kappa shape index (κ1) is 15.8. The van der Waals surface area contributed by atoms with E-state index in [4.69, 9.17) is 19.2 Å². The minimum atomic E-state index is -0.198. The summed E-state index contributed by atoms with van der Waals surface area (Å²) in [4.78, 5) is 0. The summed E-state index contributed by atoms with van der Waals surface area (Å²) in [6.45, 7) is 8.50. The average molecular weight is 301 g/mol. The lowest BCUT2D eigenvalue weighted by atomic mass is 9.97. The summed E-state index contributed by atoms with van der Waals surface area (Å²) in [5, 5.41) is 16.9. The SMILES string of the molecule is CCOc1cc(C#N)ccc1OCc1nnc(C(C)(C)C)o1. The van der Waals surface area contributed by atoms with Gasteiger partial charge < -0.3 is 13.9 Å². The maximum Gasteiger partial charge on any atom is 0.253 e. The zero-order chi connectivity index (χ0) is 16.2. The van der Waals surface area contributed by atoms with E-state index in [0.29, 0.717) is 35.5 Å². The second kappa shape index (κ2) is 6.48. The number of aromatic nitrogens is 2. The quantitative estimate of drug-likeness (QED) is 0.843. The number of rotatable bonds is 5. The molecule has 22 heavy (non-hydrogen) atoms. The Morgan fingerprint density at radius 1 is 1.18 bits per heavy atom. The molecule has 0 aliphatic rings. The Morgan fingerprint density at radius 2 is 1.95 bits per heavy atom. The number of nitriles is 1. The van der Waals surface area contributed by atoms with E-state index in [1.165, 1.54) is 0 Å². The molecule has 1 aromatic carbocycles. The Kier molecular flexibility index (Phi) is 4.66. The van der Waals surface area contributed by atoms with Gasteiger partial charge in [-0.3, -0.25) is 0 Å². The molecule has 0 bridgehead atoms. The number of benzene rings is 1. The minimum Gasteiger partial charge on any atom is -0.490 e. The number of hydrogen-bond acceptors (Lipinski definition) is 6. The van der Waals surface area contributed by atoms with Crippen LogP contribution in [0.1, 0.15) is 45.0 Å². The third-order valence-electron chi connectivity index (χ3n) is 2.83. The lowest BCUT2D eigenvalue weighted by Crippen LogP contribution is -2.11. The maximum absolute atomic E-state index is 8.93. The molecule has 6 heteroatoms. The first-order valence-corrected chi connectivity index (χ1v) is 7.06. The summed E-state index contributed by atoms with van der Waals surface area (Å²) in [5.41, 5.74) is 0.319. The molecule has 116 valence electrons. The van der Waals surface area contributed by atoms with Crippen molar-refractivity contribution >= 4 is 0 Å². The highest BCUT2D eigenvalue weighted by Gasteiger charge is 2.21. The Balaban J connectivity index is 2.11. The van der Waals surface area contributed by atoms with Crippen LogP contribution in [0.3, 0.4) is 0 Å². The van der Waals surface area contributed by atoms with Crippen molar-refractivity contribution in [1.82, 2.24) is 10.2 Å².